The van der Waals surface area contributed by atoms with Gasteiger partial charge in [-0.25, -0.2) is 0 Å². The van der Waals surface area contributed by atoms with Crippen LogP contribution in [0.4, 0.5) is 8.78 Å². The van der Waals surface area contributed by atoms with Gasteiger partial charge in [-0.2, -0.15) is 8.78 Å². The zero-order chi connectivity index (χ0) is 11.3. The molecule has 0 unspecified atom stereocenters. The third kappa shape index (κ3) is 4.30. The third-order valence-corrected chi connectivity index (χ3v) is 2.38. The fourth-order valence-electron chi connectivity index (χ4n) is 0.918. The van der Waals surface area contributed by atoms with Gasteiger partial charge < -0.3 is 15.8 Å². The monoisotopic (exact) mass is 272 g/mol. The van der Waals surface area contributed by atoms with Crippen molar-refractivity contribution in [2.45, 2.75) is 6.61 Å². The van der Waals surface area contributed by atoms with E-state index >= 15 is 0 Å². The Morgan fingerprint density at radius 1 is 1.62 bits per heavy atom. The van der Waals surface area contributed by atoms with Crippen LogP contribution in [-0.4, -0.2) is 25.6 Å². The van der Waals surface area contributed by atoms with Gasteiger partial charge in [-0.05, 0) is 11.4 Å². The molecule has 3 N–H and O–H groups in total. The molecule has 0 bridgehead atoms. The molecule has 0 saturated carbocycles. The van der Waals surface area contributed by atoms with E-state index in [0.29, 0.717) is 13.1 Å². The standard InChI is InChI=1S/C8H10F2N2O2S.ClH/c9-8(10)14-5-1-4-15-6(5)7(13)12-3-2-11;/h1,4,8H,2-3,11H2,(H,12,13);1H. The summed E-state index contributed by atoms with van der Waals surface area (Å²) in [5, 5.41) is 3.98. The van der Waals surface area contributed by atoms with Crippen LogP contribution >= 0.6 is 23.7 Å². The molecule has 1 aromatic rings. The lowest BCUT2D eigenvalue weighted by atomic mass is 10.4. The fourth-order valence-corrected chi connectivity index (χ4v) is 1.66. The van der Waals surface area contributed by atoms with Crippen LogP contribution in [0, 0.1) is 0 Å². The number of nitrogens with one attached hydrogen (secondary N) is 1. The van der Waals surface area contributed by atoms with Crippen molar-refractivity contribution in [1.82, 2.24) is 5.32 Å². The minimum atomic E-state index is -2.93. The molecule has 0 fully saturated rings. The molecule has 92 valence electrons. The summed E-state index contributed by atoms with van der Waals surface area (Å²) < 4.78 is 28.0. The molecule has 1 rings (SSSR count). The molecule has 0 atom stereocenters. The topological polar surface area (TPSA) is 64.3 Å². The van der Waals surface area contributed by atoms with Crippen molar-refractivity contribution in [3.8, 4) is 5.75 Å². The maximum Gasteiger partial charge on any atom is 0.387 e. The molecule has 0 radical (unpaired) electrons. The lowest BCUT2D eigenvalue weighted by Crippen LogP contribution is -2.28. The largest absolute Gasteiger partial charge is 0.433 e. The average molecular weight is 273 g/mol. The Kier molecular flexibility index (Phi) is 6.95. The van der Waals surface area contributed by atoms with Crippen LogP contribution in [-0.2, 0) is 0 Å². The number of amides is 1. The molecule has 1 amide bonds. The molecule has 4 nitrogen and oxygen atoms in total. The van der Waals surface area contributed by atoms with Gasteiger partial charge in [0.05, 0.1) is 0 Å². The molecule has 0 aliphatic carbocycles. The van der Waals surface area contributed by atoms with Crippen LogP contribution in [0.1, 0.15) is 9.67 Å². The van der Waals surface area contributed by atoms with Crippen molar-refractivity contribution in [3.63, 3.8) is 0 Å². The maximum atomic E-state index is 11.9. The Bertz CT molecular complexity index is 336. The summed E-state index contributed by atoms with van der Waals surface area (Å²) >= 11 is 1.04. The quantitative estimate of drug-likeness (QED) is 0.853. The molecule has 0 saturated heterocycles. The highest BCUT2D eigenvalue weighted by Crippen LogP contribution is 2.26. The van der Waals surface area contributed by atoms with E-state index in [2.05, 4.69) is 10.1 Å². The smallest absolute Gasteiger partial charge is 0.387 e. The van der Waals surface area contributed by atoms with Crippen LogP contribution in [0.25, 0.3) is 0 Å². The maximum absolute atomic E-state index is 11.9. The van der Waals surface area contributed by atoms with Crippen molar-refractivity contribution in [1.29, 1.82) is 0 Å². The van der Waals surface area contributed by atoms with E-state index in [9.17, 15) is 13.6 Å². The van der Waals surface area contributed by atoms with Gasteiger partial charge in [-0.1, -0.05) is 0 Å². The van der Waals surface area contributed by atoms with E-state index in [0.717, 1.165) is 11.3 Å². The molecule has 1 heterocycles. The summed E-state index contributed by atoms with van der Waals surface area (Å²) in [5.74, 6) is -0.560. The van der Waals surface area contributed by atoms with E-state index in [-0.39, 0.29) is 23.0 Å². The van der Waals surface area contributed by atoms with Crippen molar-refractivity contribution >= 4 is 29.7 Å². The Morgan fingerprint density at radius 2 is 2.31 bits per heavy atom. The van der Waals surface area contributed by atoms with E-state index in [1.807, 2.05) is 0 Å². The number of nitrogens with two attached hydrogens (primary N) is 1. The van der Waals surface area contributed by atoms with Gasteiger partial charge in [-0.3, -0.25) is 4.79 Å². The third-order valence-electron chi connectivity index (χ3n) is 1.48. The van der Waals surface area contributed by atoms with Crippen molar-refractivity contribution in [2.75, 3.05) is 13.1 Å². The van der Waals surface area contributed by atoms with Crippen LogP contribution in [0.3, 0.4) is 0 Å². The van der Waals surface area contributed by atoms with E-state index < -0.39 is 12.5 Å². The van der Waals surface area contributed by atoms with Crippen LogP contribution in [0.5, 0.6) is 5.75 Å². The normalized spacial score (nSPS) is 9.75. The molecule has 8 heteroatoms. The Morgan fingerprint density at radius 3 is 2.88 bits per heavy atom. The Labute approximate surface area is 101 Å². The van der Waals surface area contributed by atoms with Crippen LogP contribution in [0.15, 0.2) is 11.4 Å². The van der Waals surface area contributed by atoms with Gasteiger partial charge in [0.15, 0.2) is 0 Å². The van der Waals surface area contributed by atoms with Gasteiger partial charge in [0.1, 0.15) is 10.6 Å². The van der Waals surface area contributed by atoms with Gasteiger partial charge in [0, 0.05) is 13.1 Å². The number of ether oxygens (including phenoxy) is 1. The predicted octanol–water partition coefficient (Wildman–Crippen LogP) is 1.46. The summed E-state index contributed by atoms with van der Waals surface area (Å²) in [5.41, 5.74) is 5.19. The predicted molar refractivity (Wildman–Crippen MR) is 59.6 cm³/mol. The minimum absolute atomic E-state index is 0. The number of alkyl halides is 2. The van der Waals surface area contributed by atoms with Gasteiger partial charge in [0.2, 0.25) is 0 Å². The number of hydrogen-bond donors (Lipinski definition) is 2. The number of hydrogen-bond acceptors (Lipinski definition) is 4. The van der Waals surface area contributed by atoms with Crippen LogP contribution in [0.2, 0.25) is 0 Å². The van der Waals surface area contributed by atoms with E-state index in [1.54, 1.807) is 0 Å². The summed E-state index contributed by atoms with van der Waals surface area (Å²) in [6.45, 7) is -2.34. The zero-order valence-electron chi connectivity index (χ0n) is 8.11. The highest BCUT2D eigenvalue weighted by Gasteiger charge is 2.16. The molecule has 0 aliphatic heterocycles. The van der Waals surface area contributed by atoms with E-state index in [4.69, 9.17) is 5.73 Å². The lowest BCUT2D eigenvalue weighted by Gasteiger charge is -2.05. The summed E-state index contributed by atoms with van der Waals surface area (Å²) in [6, 6.07) is 1.33. The average Bonchev–Trinajstić information content (AvgIpc) is 2.61. The Balaban J connectivity index is 0.00000225. The molecule has 16 heavy (non-hydrogen) atoms. The molecule has 1 aromatic heterocycles. The first-order valence-electron chi connectivity index (χ1n) is 4.15. The summed E-state index contributed by atoms with van der Waals surface area (Å²) in [7, 11) is 0. The van der Waals surface area contributed by atoms with Crippen LogP contribution < -0.4 is 15.8 Å². The zero-order valence-corrected chi connectivity index (χ0v) is 9.75. The first-order chi connectivity index (χ1) is 7.15. The van der Waals surface area contributed by atoms with Gasteiger partial charge >= 0.3 is 6.61 Å². The molecular weight excluding hydrogens is 262 g/mol. The second-order valence-corrected chi connectivity index (χ2v) is 3.45. The highest BCUT2D eigenvalue weighted by atomic mass is 35.5. The number of carbonyl (C=O) groups is 1. The molecule has 0 aromatic carbocycles. The summed E-state index contributed by atoms with van der Waals surface area (Å²) in [4.78, 5) is 11.5. The van der Waals surface area contributed by atoms with Crippen molar-refractivity contribution in [2.24, 2.45) is 5.73 Å². The second-order valence-electron chi connectivity index (χ2n) is 2.54. The highest BCUT2D eigenvalue weighted by molar-refractivity contribution is 7.12. The SMILES string of the molecule is Cl.NCCNC(=O)c1sccc1OC(F)F. The minimum Gasteiger partial charge on any atom is -0.433 e. The van der Waals surface area contributed by atoms with Gasteiger partial charge in [0.25, 0.3) is 5.91 Å². The number of thiophene rings is 1. The first-order valence-corrected chi connectivity index (χ1v) is 5.03. The van der Waals surface area contributed by atoms with Crippen molar-refractivity contribution in [3.05, 3.63) is 16.3 Å². The molecule has 0 spiro atoms. The van der Waals surface area contributed by atoms with Crippen molar-refractivity contribution < 1.29 is 18.3 Å². The lowest BCUT2D eigenvalue weighted by molar-refractivity contribution is -0.0498. The Hall–Kier alpha value is -0.920. The first kappa shape index (κ1) is 15.1. The van der Waals surface area contributed by atoms with Gasteiger partial charge in [-0.15, -0.1) is 23.7 Å². The number of carbonyl (C=O) groups excluding carboxylic acids is 1. The number of rotatable bonds is 5. The molecular formula is C8H11ClF2N2O2S. The fraction of sp³-hybridized carbons (Fsp3) is 0.375. The summed E-state index contributed by atoms with van der Waals surface area (Å²) in [6.07, 6.45) is 0. The second kappa shape index (κ2) is 7.37. The number of halogens is 3. The molecule has 0 aliphatic rings. The van der Waals surface area contributed by atoms with E-state index in [1.165, 1.54) is 11.4 Å².